The van der Waals surface area contributed by atoms with Gasteiger partial charge in [0.25, 0.3) is 0 Å². The van der Waals surface area contributed by atoms with Gasteiger partial charge in [0.15, 0.2) is 0 Å². The second-order valence-corrected chi connectivity index (χ2v) is 15.5. The monoisotopic (exact) mass is 820 g/mol. The Balaban J connectivity index is 1.18. The number of nitrogens with zero attached hydrogens (tertiary/aromatic N) is 2. The van der Waals surface area contributed by atoms with Gasteiger partial charge in [-0.3, -0.25) is 9.59 Å². The van der Waals surface area contributed by atoms with Crippen molar-refractivity contribution in [1.29, 1.82) is 0 Å². The molecule has 2 N–H and O–H groups in total. The highest BCUT2D eigenvalue weighted by atomic mass is 19.1. The number of hydrogen-bond acceptors (Lipinski definition) is 8. The zero-order chi connectivity index (χ0) is 41.9. The van der Waals surface area contributed by atoms with E-state index >= 15 is 4.39 Å². The van der Waals surface area contributed by atoms with Gasteiger partial charge in [-0.25, -0.2) is 18.4 Å². The fourth-order valence-corrected chi connectivity index (χ4v) is 8.83. The van der Waals surface area contributed by atoms with E-state index in [2.05, 4.69) is 9.97 Å². The first-order valence-corrected chi connectivity index (χ1v) is 20.2. The zero-order valence-corrected chi connectivity index (χ0v) is 33.3. The van der Waals surface area contributed by atoms with Crippen LogP contribution in [-0.2, 0) is 61.0 Å². The number of ether oxygens (including phenoxy) is 4. The van der Waals surface area contributed by atoms with E-state index in [1.54, 1.807) is 21.9 Å². The molecule has 0 saturated carbocycles. The van der Waals surface area contributed by atoms with E-state index in [1.165, 1.54) is 32.1 Å². The van der Waals surface area contributed by atoms with Crippen molar-refractivity contribution >= 4 is 41.1 Å². The summed E-state index contributed by atoms with van der Waals surface area (Å²) in [6.45, 7) is 3.28. The van der Waals surface area contributed by atoms with Crippen molar-refractivity contribution in [1.82, 2.24) is 19.8 Å². The molecule has 2 saturated heterocycles. The molecule has 312 valence electrons. The van der Waals surface area contributed by atoms with E-state index in [4.69, 9.17) is 18.9 Å². The van der Waals surface area contributed by atoms with Gasteiger partial charge in [0.1, 0.15) is 37.4 Å². The van der Waals surface area contributed by atoms with Crippen LogP contribution in [0.1, 0.15) is 60.2 Å². The van der Waals surface area contributed by atoms with E-state index in [-0.39, 0.29) is 45.6 Å². The number of rotatable bonds is 11. The Labute approximate surface area is 345 Å². The molecule has 2 aliphatic heterocycles. The van der Waals surface area contributed by atoms with Crippen LogP contribution in [0.4, 0.5) is 18.4 Å². The Bertz CT molecular complexity index is 2410. The van der Waals surface area contributed by atoms with Gasteiger partial charge in [0.05, 0.1) is 23.5 Å². The van der Waals surface area contributed by atoms with Crippen LogP contribution in [0, 0.1) is 5.82 Å². The van der Waals surface area contributed by atoms with Gasteiger partial charge in [-0.1, -0.05) is 66.7 Å². The summed E-state index contributed by atoms with van der Waals surface area (Å²) in [4.78, 5) is 62.3. The number of aromatic nitrogens is 2. The molecule has 5 aromatic rings. The molecule has 3 aromatic carbocycles. The van der Waals surface area contributed by atoms with Crippen LogP contribution in [0.3, 0.4) is 0 Å². The first-order chi connectivity index (χ1) is 29.0. The third kappa shape index (κ3) is 8.63. The molecule has 0 radical (unpaired) electrons. The molecule has 14 heteroatoms. The number of alkyl halides is 1. The summed E-state index contributed by atoms with van der Waals surface area (Å²) in [5, 5.41) is 0.666. The highest BCUT2D eigenvalue weighted by Gasteiger charge is 2.43. The van der Waals surface area contributed by atoms with Crippen LogP contribution < -0.4 is 0 Å². The standard InChI is InChI=1S/C46H46F2N4O8/c1-27(53)59-41-17-19-51(45(55)57-25-29-9-5-3-6-10-29)39(41)23-35-33-15-13-31(47)21-37(33)49-43(35)44-36(34-16-14-32(48)22-38(34)50-44)24-40-42(60-28(2)54)18-20-52(40)46(56)58-26-30-11-7-4-8-12-30/h3-16,21,32,39-42,49-50H,17-20,22-26H2,1-2H3/t32?,39-,40-,41+,42+/m1/s1. The minimum Gasteiger partial charge on any atom is -0.460 e. The number of carbonyl (C=O) groups excluding carboxylic acids is 4. The number of hydrogen-bond donors (Lipinski definition) is 2. The second-order valence-electron chi connectivity index (χ2n) is 15.5. The van der Waals surface area contributed by atoms with Crippen LogP contribution in [0.15, 0.2) is 84.9 Å². The lowest BCUT2D eigenvalue weighted by atomic mass is 9.91. The highest BCUT2D eigenvalue weighted by molar-refractivity contribution is 5.92. The summed E-state index contributed by atoms with van der Waals surface area (Å²) in [6.07, 6.45) is 0.625. The van der Waals surface area contributed by atoms with Crippen LogP contribution in [0.5, 0.6) is 0 Å². The molecule has 0 spiro atoms. The Hall–Kier alpha value is -6.44. The largest absolute Gasteiger partial charge is 0.460 e. The van der Waals surface area contributed by atoms with E-state index in [9.17, 15) is 23.6 Å². The van der Waals surface area contributed by atoms with Crippen molar-refractivity contribution < 1.29 is 46.9 Å². The molecular formula is C46H46F2N4O8. The number of benzene rings is 3. The zero-order valence-electron chi connectivity index (χ0n) is 33.3. The van der Waals surface area contributed by atoms with Crippen molar-refractivity contribution in [2.75, 3.05) is 13.1 Å². The Morgan fingerprint density at radius 1 is 0.717 bits per heavy atom. The fraction of sp³-hybridized carbons (Fsp3) is 0.348. The topological polar surface area (TPSA) is 143 Å². The number of carbonyl (C=O) groups is 4. The molecule has 60 heavy (non-hydrogen) atoms. The van der Waals surface area contributed by atoms with Crippen LogP contribution in [0.25, 0.3) is 28.4 Å². The number of amides is 2. The summed E-state index contributed by atoms with van der Waals surface area (Å²) in [7, 11) is 0. The van der Waals surface area contributed by atoms with Gasteiger partial charge in [0.2, 0.25) is 0 Å². The first-order valence-electron chi connectivity index (χ1n) is 20.2. The molecule has 2 fully saturated rings. The van der Waals surface area contributed by atoms with Crippen LogP contribution in [0.2, 0.25) is 0 Å². The number of fused-ring (bicyclic) bond motifs is 2. The van der Waals surface area contributed by atoms with Gasteiger partial charge in [-0.15, -0.1) is 0 Å². The number of aromatic amines is 2. The SMILES string of the molecule is CC(=O)O[C@H]1CCN(C(=O)OCc2ccccc2)[C@@H]1Cc1c(-c2[nH]c3cc(F)ccc3c2C[C@@H]2[C@@H](OC(C)=O)CCN2C(=O)OCc2ccccc2)[nH]c2c1C=CC(F)C2. The average molecular weight is 821 g/mol. The predicted molar refractivity (Wildman–Crippen MR) is 218 cm³/mol. The van der Waals surface area contributed by atoms with Crippen molar-refractivity contribution in [2.24, 2.45) is 0 Å². The quantitative estimate of drug-likeness (QED) is 0.101. The van der Waals surface area contributed by atoms with Crippen molar-refractivity contribution in [3.05, 3.63) is 124 Å². The minimum absolute atomic E-state index is 0.0472. The molecule has 1 unspecified atom stereocenters. The van der Waals surface area contributed by atoms with Gasteiger partial charge in [0, 0.05) is 62.8 Å². The maximum absolute atomic E-state index is 15.0. The van der Waals surface area contributed by atoms with Gasteiger partial charge in [-0.05, 0) is 64.9 Å². The number of H-pyrrole nitrogens is 2. The Kier molecular flexibility index (Phi) is 11.7. The maximum Gasteiger partial charge on any atom is 0.410 e. The van der Waals surface area contributed by atoms with Gasteiger partial charge in [-0.2, -0.15) is 0 Å². The van der Waals surface area contributed by atoms with E-state index < -0.39 is 60.4 Å². The Morgan fingerprint density at radius 3 is 1.80 bits per heavy atom. The summed E-state index contributed by atoms with van der Waals surface area (Å²) < 4.78 is 53.1. The highest BCUT2D eigenvalue weighted by Crippen LogP contribution is 2.41. The van der Waals surface area contributed by atoms with Crippen molar-refractivity contribution in [3.8, 4) is 11.4 Å². The number of esters is 2. The van der Waals surface area contributed by atoms with E-state index in [1.807, 2.05) is 60.7 Å². The molecule has 5 atom stereocenters. The smallest absolute Gasteiger partial charge is 0.410 e. The van der Waals surface area contributed by atoms with Crippen molar-refractivity contribution in [3.63, 3.8) is 0 Å². The number of halogens is 2. The lowest BCUT2D eigenvalue weighted by molar-refractivity contribution is -0.148. The molecule has 8 rings (SSSR count). The maximum atomic E-state index is 15.0. The van der Waals surface area contributed by atoms with Crippen LogP contribution >= 0.6 is 0 Å². The molecule has 4 heterocycles. The van der Waals surface area contributed by atoms with Crippen molar-refractivity contribution in [2.45, 2.75) is 89.6 Å². The van der Waals surface area contributed by atoms with E-state index in [0.29, 0.717) is 52.0 Å². The lowest BCUT2D eigenvalue weighted by Gasteiger charge is -2.28. The van der Waals surface area contributed by atoms with E-state index in [0.717, 1.165) is 16.7 Å². The Morgan fingerprint density at radius 2 is 1.25 bits per heavy atom. The average Bonchev–Trinajstić information content (AvgIpc) is 4.00. The molecule has 1 aliphatic carbocycles. The normalized spacial score (nSPS) is 20.9. The molecular weight excluding hydrogens is 775 g/mol. The number of likely N-dealkylation sites (tertiary alicyclic amines) is 2. The summed E-state index contributed by atoms with van der Waals surface area (Å²) in [6, 6.07) is 21.7. The number of allylic oxidation sites excluding steroid dienone is 1. The molecule has 2 aromatic heterocycles. The first kappa shape index (κ1) is 40.3. The number of nitrogens with one attached hydrogen (secondary N) is 2. The lowest BCUT2D eigenvalue weighted by Crippen LogP contribution is -2.43. The third-order valence-corrected chi connectivity index (χ3v) is 11.5. The second kappa shape index (κ2) is 17.4. The minimum atomic E-state index is -1.25. The fourth-order valence-electron chi connectivity index (χ4n) is 8.83. The van der Waals surface area contributed by atoms with Crippen LogP contribution in [-0.4, -0.2) is 87.4 Å². The molecule has 0 bridgehead atoms. The molecule has 3 aliphatic rings. The predicted octanol–water partition coefficient (Wildman–Crippen LogP) is 7.98. The molecule has 12 nitrogen and oxygen atoms in total. The summed E-state index contributed by atoms with van der Waals surface area (Å²) >= 11 is 0. The summed E-state index contributed by atoms with van der Waals surface area (Å²) in [5.41, 5.74) is 5.98. The van der Waals surface area contributed by atoms with Gasteiger partial charge < -0.3 is 38.7 Å². The molecule has 2 amide bonds. The van der Waals surface area contributed by atoms with Gasteiger partial charge >= 0.3 is 24.1 Å². The summed E-state index contributed by atoms with van der Waals surface area (Å²) in [5.74, 6) is -1.46. The third-order valence-electron chi connectivity index (χ3n) is 11.5.